The van der Waals surface area contributed by atoms with Crippen LogP contribution in [0.15, 0.2) is 70.5 Å². The number of methoxy groups -OCH3 is 2. The Hall–Kier alpha value is -5.11. The highest BCUT2D eigenvalue weighted by molar-refractivity contribution is 7.92. The van der Waals surface area contributed by atoms with Crippen molar-refractivity contribution < 1.29 is 27.2 Å². The average molecular weight is 590 g/mol. The summed E-state index contributed by atoms with van der Waals surface area (Å²) in [7, 11) is -1.35. The SMILES string of the molecule is COc1ccccc1Oc1c(NS(=O)(=O)c2ccc(C(C)C)cn2)nc(-c2ccnc(-c3noc(C)n3)c2)nc1OC. The minimum absolute atomic E-state index is 0.0412. The van der Waals surface area contributed by atoms with Crippen LogP contribution in [-0.4, -0.2) is 52.7 Å². The van der Waals surface area contributed by atoms with E-state index in [2.05, 4.69) is 34.8 Å². The number of pyridine rings is 2. The molecule has 0 aliphatic rings. The Labute approximate surface area is 242 Å². The standard InChI is InChI=1S/C28H27N7O6S/c1-16(2)19-10-11-23(30-15-19)42(36,37)35-27-24(40-22-9-7-6-8-21(22)38-4)28(39-5)33-25(32-27)18-12-13-29-20(14-18)26-31-17(3)41-34-26/h6-16H,1-5H3,(H,32,33,35). The van der Waals surface area contributed by atoms with Crippen molar-refractivity contribution in [1.29, 1.82) is 0 Å². The van der Waals surface area contributed by atoms with E-state index in [1.165, 1.54) is 32.7 Å². The van der Waals surface area contributed by atoms with Crippen molar-refractivity contribution in [2.24, 2.45) is 0 Å². The molecule has 0 atom stereocenters. The van der Waals surface area contributed by atoms with Gasteiger partial charge < -0.3 is 18.7 Å². The molecule has 0 bridgehead atoms. The summed E-state index contributed by atoms with van der Waals surface area (Å²) in [5.41, 5.74) is 1.77. The number of nitrogens with zero attached hydrogens (tertiary/aromatic N) is 6. The molecule has 5 rings (SSSR count). The number of anilines is 1. The molecule has 4 aromatic heterocycles. The monoisotopic (exact) mass is 589 g/mol. The lowest BCUT2D eigenvalue weighted by Gasteiger charge is -2.17. The summed E-state index contributed by atoms with van der Waals surface area (Å²) in [4.78, 5) is 21.7. The first kappa shape index (κ1) is 28.4. The van der Waals surface area contributed by atoms with Crippen LogP contribution in [0.5, 0.6) is 23.1 Å². The van der Waals surface area contributed by atoms with Crippen molar-refractivity contribution in [2.45, 2.75) is 31.7 Å². The molecule has 5 aromatic rings. The fourth-order valence-electron chi connectivity index (χ4n) is 3.84. The highest BCUT2D eigenvalue weighted by Gasteiger charge is 2.26. The number of hydrogen-bond donors (Lipinski definition) is 1. The van der Waals surface area contributed by atoms with Crippen LogP contribution in [0.2, 0.25) is 0 Å². The van der Waals surface area contributed by atoms with Gasteiger partial charge in [-0.25, -0.2) is 9.97 Å². The summed E-state index contributed by atoms with van der Waals surface area (Å²) in [5, 5.41) is 3.70. The molecule has 4 heterocycles. The number of sulfonamides is 1. The van der Waals surface area contributed by atoms with Crippen molar-refractivity contribution in [3.8, 4) is 46.0 Å². The Kier molecular flexibility index (Phi) is 7.97. The lowest BCUT2D eigenvalue weighted by atomic mass is 10.1. The molecule has 1 aromatic carbocycles. The molecule has 0 aliphatic heterocycles. The molecule has 0 saturated heterocycles. The van der Waals surface area contributed by atoms with Crippen LogP contribution in [0.25, 0.3) is 22.9 Å². The first-order chi connectivity index (χ1) is 20.2. The van der Waals surface area contributed by atoms with E-state index in [4.69, 9.17) is 18.7 Å². The maximum Gasteiger partial charge on any atom is 0.280 e. The number of nitrogens with one attached hydrogen (secondary N) is 1. The normalized spacial score (nSPS) is 11.4. The zero-order valence-electron chi connectivity index (χ0n) is 23.4. The Morgan fingerprint density at radius 1 is 0.905 bits per heavy atom. The second-order valence-electron chi connectivity index (χ2n) is 9.24. The summed E-state index contributed by atoms with van der Waals surface area (Å²) >= 11 is 0. The Bertz CT molecular complexity index is 1830. The quantitative estimate of drug-likeness (QED) is 0.231. The van der Waals surface area contributed by atoms with Crippen molar-refractivity contribution >= 4 is 15.8 Å². The summed E-state index contributed by atoms with van der Waals surface area (Å²) in [6.07, 6.45) is 3.05. The molecule has 1 N–H and O–H groups in total. The number of para-hydroxylation sites is 2. The van der Waals surface area contributed by atoms with Crippen LogP contribution >= 0.6 is 0 Å². The number of aromatic nitrogens is 6. The molecule has 216 valence electrons. The van der Waals surface area contributed by atoms with Crippen LogP contribution in [-0.2, 0) is 10.0 Å². The molecular formula is C28H27N7O6S. The lowest BCUT2D eigenvalue weighted by molar-refractivity contribution is 0.348. The fourth-order valence-corrected chi connectivity index (χ4v) is 4.77. The van der Waals surface area contributed by atoms with Crippen molar-refractivity contribution in [3.05, 3.63) is 72.4 Å². The molecule has 0 fully saturated rings. The summed E-state index contributed by atoms with van der Waals surface area (Å²) in [5.74, 6) is 1.31. The van der Waals surface area contributed by atoms with E-state index in [0.29, 0.717) is 22.9 Å². The molecule has 0 spiro atoms. The molecule has 0 aliphatic carbocycles. The van der Waals surface area contributed by atoms with Gasteiger partial charge in [0.2, 0.25) is 17.5 Å². The van der Waals surface area contributed by atoms with Gasteiger partial charge in [0.15, 0.2) is 28.2 Å². The van der Waals surface area contributed by atoms with Gasteiger partial charge in [0.25, 0.3) is 15.9 Å². The van der Waals surface area contributed by atoms with E-state index in [-0.39, 0.29) is 45.8 Å². The second kappa shape index (κ2) is 11.8. The third-order valence-corrected chi connectivity index (χ3v) is 7.27. The first-order valence-corrected chi connectivity index (χ1v) is 14.2. The predicted octanol–water partition coefficient (Wildman–Crippen LogP) is 5.03. The van der Waals surface area contributed by atoms with Crippen molar-refractivity contribution in [3.63, 3.8) is 0 Å². The van der Waals surface area contributed by atoms with Gasteiger partial charge in [-0.3, -0.25) is 9.71 Å². The van der Waals surface area contributed by atoms with E-state index < -0.39 is 10.0 Å². The zero-order valence-corrected chi connectivity index (χ0v) is 24.2. The van der Waals surface area contributed by atoms with Crippen LogP contribution < -0.4 is 18.9 Å². The smallest absolute Gasteiger partial charge is 0.280 e. The minimum Gasteiger partial charge on any atom is -0.493 e. The Morgan fingerprint density at radius 2 is 1.69 bits per heavy atom. The lowest BCUT2D eigenvalue weighted by Crippen LogP contribution is -2.17. The zero-order chi connectivity index (χ0) is 29.9. The summed E-state index contributed by atoms with van der Waals surface area (Å²) in [6.45, 7) is 5.65. The molecular weight excluding hydrogens is 562 g/mol. The van der Waals surface area contributed by atoms with Crippen LogP contribution in [0.4, 0.5) is 5.82 Å². The topological polar surface area (TPSA) is 164 Å². The third kappa shape index (κ3) is 5.98. The summed E-state index contributed by atoms with van der Waals surface area (Å²) < 4.78 is 51.6. The molecule has 0 amide bonds. The number of hydrogen-bond acceptors (Lipinski definition) is 12. The van der Waals surface area contributed by atoms with Gasteiger partial charge in [-0.15, -0.1) is 0 Å². The average Bonchev–Trinajstić information content (AvgIpc) is 3.44. The van der Waals surface area contributed by atoms with E-state index in [0.717, 1.165) is 5.56 Å². The van der Waals surface area contributed by atoms with E-state index in [1.54, 1.807) is 49.4 Å². The van der Waals surface area contributed by atoms with Gasteiger partial charge in [-0.05, 0) is 41.8 Å². The maximum absolute atomic E-state index is 13.5. The van der Waals surface area contributed by atoms with Crippen molar-refractivity contribution in [1.82, 2.24) is 30.1 Å². The predicted molar refractivity (Wildman–Crippen MR) is 152 cm³/mol. The fraction of sp³-hybridized carbons (Fsp3) is 0.214. The Morgan fingerprint density at radius 3 is 2.33 bits per heavy atom. The second-order valence-corrected chi connectivity index (χ2v) is 10.9. The van der Waals surface area contributed by atoms with Gasteiger partial charge in [-0.2, -0.15) is 18.4 Å². The minimum atomic E-state index is -4.22. The third-order valence-electron chi connectivity index (χ3n) is 6.02. The van der Waals surface area contributed by atoms with E-state index >= 15 is 0 Å². The number of ether oxygens (including phenoxy) is 3. The highest BCUT2D eigenvalue weighted by Crippen LogP contribution is 2.41. The highest BCUT2D eigenvalue weighted by atomic mass is 32.2. The van der Waals surface area contributed by atoms with Gasteiger partial charge in [0, 0.05) is 24.9 Å². The molecule has 0 saturated carbocycles. The number of aryl methyl sites for hydroxylation is 1. The maximum atomic E-state index is 13.5. The van der Waals surface area contributed by atoms with Crippen LogP contribution in [0, 0.1) is 6.92 Å². The van der Waals surface area contributed by atoms with Crippen LogP contribution in [0.1, 0.15) is 31.2 Å². The van der Waals surface area contributed by atoms with E-state index in [9.17, 15) is 8.42 Å². The van der Waals surface area contributed by atoms with Gasteiger partial charge in [-0.1, -0.05) is 37.2 Å². The number of rotatable bonds is 10. The molecule has 42 heavy (non-hydrogen) atoms. The molecule has 0 unspecified atom stereocenters. The Balaban J connectivity index is 1.63. The molecule has 14 heteroatoms. The first-order valence-electron chi connectivity index (χ1n) is 12.7. The van der Waals surface area contributed by atoms with E-state index in [1.807, 2.05) is 13.8 Å². The molecule has 13 nitrogen and oxygen atoms in total. The molecule has 0 radical (unpaired) electrons. The van der Waals surface area contributed by atoms with Crippen molar-refractivity contribution in [2.75, 3.05) is 18.9 Å². The van der Waals surface area contributed by atoms with Gasteiger partial charge in [0.1, 0.15) is 5.69 Å². The van der Waals surface area contributed by atoms with Crippen LogP contribution in [0.3, 0.4) is 0 Å². The summed E-state index contributed by atoms with van der Waals surface area (Å²) in [6, 6.07) is 13.3. The van der Waals surface area contributed by atoms with Gasteiger partial charge in [0.05, 0.1) is 14.2 Å². The largest absolute Gasteiger partial charge is 0.493 e. The van der Waals surface area contributed by atoms with Gasteiger partial charge >= 0.3 is 0 Å². The number of benzene rings is 1.